The lowest BCUT2D eigenvalue weighted by Gasteiger charge is -2.15. The van der Waals surface area contributed by atoms with Gasteiger partial charge in [0.2, 0.25) is 0 Å². The molecule has 0 saturated heterocycles. The average molecular weight is 236 g/mol. The average Bonchev–Trinajstić information content (AvgIpc) is 2.26. The first kappa shape index (κ1) is 14.0. The van der Waals surface area contributed by atoms with Crippen LogP contribution in [0.3, 0.4) is 0 Å². The van der Waals surface area contributed by atoms with E-state index in [4.69, 9.17) is 4.74 Å². The summed E-state index contributed by atoms with van der Waals surface area (Å²) in [6.07, 6.45) is 1.38. The fraction of sp³-hybridized carbons (Fsp3) is 0.643. The van der Waals surface area contributed by atoms with E-state index >= 15 is 0 Å². The molecule has 1 atom stereocenters. The fourth-order valence-corrected chi connectivity index (χ4v) is 1.80. The van der Waals surface area contributed by atoms with Crippen molar-refractivity contribution >= 4 is 5.82 Å². The van der Waals surface area contributed by atoms with Gasteiger partial charge in [-0.15, -0.1) is 0 Å². The second-order valence-corrected chi connectivity index (χ2v) is 4.80. The summed E-state index contributed by atoms with van der Waals surface area (Å²) in [7, 11) is 0. The summed E-state index contributed by atoms with van der Waals surface area (Å²) in [6, 6.07) is 5.99. The monoisotopic (exact) mass is 236 g/mol. The highest BCUT2D eigenvalue weighted by Gasteiger charge is 2.06. The van der Waals surface area contributed by atoms with Crippen molar-refractivity contribution in [2.24, 2.45) is 5.92 Å². The summed E-state index contributed by atoms with van der Waals surface area (Å²) in [5.74, 6) is 1.59. The molecule has 0 aliphatic rings. The molecule has 3 heteroatoms. The third kappa shape index (κ3) is 5.68. The first-order chi connectivity index (χ1) is 8.11. The molecule has 1 aromatic rings. The summed E-state index contributed by atoms with van der Waals surface area (Å²) < 4.78 is 5.78. The molecular weight excluding hydrogens is 212 g/mol. The highest BCUT2D eigenvalue weighted by atomic mass is 16.5. The third-order valence-electron chi connectivity index (χ3n) is 2.48. The van der Waals surface area contributed by atoms with Crippen LogP contribution in [-0.4, -0.2) is 17.6 Å². The van der Waals surface area contributed by atoms with Crippen molar-refractivity contribution in [1.29, 1.82) is 0 Å². The lowest BCUT2D eigenvalue weighted by molar-refractivity contribution is 0.0379. The topological polar surface area (TPSA) is 34.1 Å². The van der Waals surface area contributed by atoms with Crippen LogP contribution in [0.25, 0.3) is 0 Å². The maximum atomic E-state index is 5.78. The van der Waals surface area contributed by atoms with Crippen LogP contribution in [0.2, 0.25) is 0 Å². The molecule has 0 aliphatic heterocycles. The molecule has 0 spiro atoms. The highest BCUT2D eigenvalue weighted by molar-refractivity contribution is 5.34. The summed E-state index contributed by atoms with van der Waals surface area (Å²) in [6.45, 7) is 10.1. The molecule has 0 radical (unpaired) electrons. The SMILES string of the molecule is CCNc1cccc(COC(C)CC(C)C)n1. The number of rotatable bonds is 7. The van der Waals surface area contributed by atoms with Crippen LogP contribution in [0.15, 0.2) is 18.2 Å². The van der Waals surface area contributed by atoms with E-state index in [-0.39, 0.29) is 0 Å². The van der Waals surface area contributed by atoms with Gasteiger partial charge in [0.1, 0.15) is 5.82 Å². The quantitative estimate of drug-likeness (QED) is 0.787. The molecule has 0 aliphatic carbocycles. The van der Waals surface area contributed by atoms with E-state index in [0.29, 0.717) is 18.6 Å². The minimum absolute atomic E-state index is 0.291. The molecule has 17 heavy (non-hydrogen) atoms. The van der Waals surface area contributed by atoms with E-state index in [1.165, 1.54) is 0 Å². The Hall–Kier alpha value is -1.09. The van der Waals surface area contributed by atoms with Gasteiger partial charge in [-0.1, -0.05) is 19.9 Å². The Kier molecular flexibility index (Phi) is 5.98. The molecule has 1 rings (SSSR count). The summed E-state index contributed by atoms with van der Waals surface area (Å²) in [4.78, 5) is 4.48. The van der Waals surface area contributed by atoms with Crippen molar-refractivity contribution in [3.8, 4) is 0 Å². The van der Waals surface area contributed by atoms with Gasteiger partial charge in [0.15, 0.2) is 0 Å². The molecule has 0 amide bonds. The molecule has 0 saturated carbocycles. The molecule has 96 valence electrons. The zero-order chi connectivity index (χ0) is 12.7. The molecule has 1 heterocycles. The van der Waals surface area contributed by atoms with Crippen molar-refractivity contribution in [2.75, 3.05) is 11.9 Å². The maximum Gasteiger partial charge on any atom is 0.126 e. The van der Waals surface area contributed by atoms with Crippen LogP contribution in [-0.2, 0) is 11.3 Å². The predicted octanol–water partition coefficient (Wildman–Crippen LogP) is 3.46. The van der Waals surface area contributed by atoms with Crippen molar-refractivity contribution < 1.29 is 4.74 Å². The molecule has 0 bridgehead atoms. The number of anilines is 1. The number of hydrogen-bond acceptors (Lipinski definition) is 3. The molecule has 1 unspecified atom stereocenters. The van der Waals surface area contributed by atoms with Gasteiger partial charge in [0, 0.05) is 6.54 Å². The molecule has 0 aromatic carbocycles. The zero-order valence-corrected chi connectivity index (χ0v) is 11.4. The Balaban J connectivity index is 2.43. The van der Waals surface area contributed by atoms with Crippen molar-refractivity contribution in [3.63, 3.8) is 0 Å². The van der Waals surface area contributed by atoms with E-state index < -0.39 is 0 Å². The highest BCUT2D eigenvalue weighted by Crippen LogP contribution is 2.11. The van der Waals surface area contributed by atoms with Crippen LogP contribution < -0.4 is 5.32 Å². The normalized spacial score (nSPS) is 12.8. The van der Waals surface area contributed by atoms with Gasteiger partial charge < -0.3 is 10.1 Å². The minimum atomic E-state index is 0.291. The number of ether oxygens (including phenoxy) is 1. The van der Waals surface area contributed by atoms with Crippen molar-refractivity contribution in [1.82, 2.24) is 4.98 Å². The maximum absolute atomic E-state index is 5.78. The van der Waals surface area contributed by atoms with E-state index in [1.807, 2.05) is 18.2 Å². The smallest absolute Gasteiger partial charge is 0.126 e. The predicted molar refractivity (Wildman–Crippen MR) is 72.1 cm³/mol. The van der Waals surface area contributed by atoms with E-state index in [2.05, 4.69) is 38.0 Å². The first-order valence-corrected chi connectivity index (χ1v) is 6.43. The molecular formula is C14H24N2O. The van der Waals surface area contributed by atoms with Crippen LogP contribution in [0, 0.1) is 5.92 Å². The number of pyridine rings is 1. The van der Waals surface area contributed by atoms with Crippen LogP contribution in [0.1, 0.15) is 39.8 Å². The van der Waals surface area contributed by atoms with E-state index in [0.717, 1.165) is 24.5 Å². The zero-order valence-electron chi connectivity index (χ0n) is 11.4. The lowest BCUT2D eigenvalue weighted by atomic mass is 10.1. The van der Waals surface area contributed by atoms with E-state index in [1.54, 1.807) is 0 Å². The molecule has 0 fully saturated rings. The minimum Gasteiger partial charge on any atom is -0.372 e. The van der Waals surface area contributed by atoms with E-state index in [9.17, 15) is 0 Å². The van der Waals surface area contributed by atoms with Gasteiger partial charge in [0.25, 0.3) is 0 Å². The molecule has 1 aromatic heterocycles. The largest absolute Gasteiger partial charge is 0.372 e. The Labute approximate surface area is 105 Å². The van der Waals surface area contributed by atoms with Gasteiger partial charge in [-0.25, -0.2) is 4.98 Å². The van der Waals surface area contributed by atoms with Gasteiger partial charge in [-0.2, -0.15) is 0 Å². The fourth-order valence-electron chi connectivity index (χ4n) is 1.80. The standard InChI is InChI=1S/C14H24N2O/c1-5-15-14-8-6-7-13(16-14)10-17-12(4)9-11(2)3/h6-8,11-12H,5,9-10H2,1-4H3,(H,15,16). The van der Waals surface area contributed by atoms with Gasteiger partial charge >= 0.3 is 0 Å². The lowest BCUT2D eigenvalue weighted by Crippen LogP contribution is -2.12. The third-order valence-corrected chi connectivity index (χ3v) is 2.48. The Morgan fingerprint density at radius 2 is 2.06 bits per heavy atom. The second-order valence-electron chi connectivity index (χ2n) is 4.80. The Morgan fingerprint density at radius 3 is 2.71 bits per heavy atom. The van der Waals surface area contributed by atoms with Crippen LogP contribution in [0.5, 0.6) is 0 Å². The van der Waals surface area contributed by atoms with Crippen molar-refractivity contribution in [2.45, 2.75) is 46.8 Å². The number of nitrogens with zero attached hydrogens (tertiary/aromatic N) is 1. The van der Waals surface area contributed by atoms with Gasteiger partial charge in [0.05, 0.1) is 18.4 Å². The Bertz CT molecular complexity index is 326. The second kappa shape index (κ2) is 7.28. The summed E-state index contributed by atoms with van der Waals surface area (Å²) >= 11 is 0. The van der Waals surface area contributed by atoms with Gasteiger partial charge in [-0.3, -0.25) is 0 Å². The molecule has 3 nitrogen and oxygen atoms in total. The number of hydrogen-bond donors (Lipinski definition) is 1. The number of aromatic nitrogens is 1. The molecule has 1 N–H and O–H groups in total. The van der Waals surface area contributed by atoms with Crippen molar-refractivity contribution in [3.05, 3.63) is 23.9 Å². The van der Waals surface area contributed by atoms with Gasteiger partial charge in [-0.05, 0) is 38.3 Å². The summed E-state index contributed by atoms with van der Waals surface area (Å²) in [5, 5.41) is 3.20. The number of nitrogens with one attached hydrogen (secondary N) is 1. The van der Waals surface area contributed by atoms with Crippen LogP contribution >= 0.6 is 0 Å². The summed E-state index contributed by atoms with van der Waals surface area (Å²) in [5.41, 5.74) is 0.985. The first-order valence-electron chi connectivity index (χ1n) is 6.43. The Morgan fingerprint density at radius 1 is 1.29 bits per heavy atom. The van der Waals surface area contributed by atoms with Crippen LogP contribution in [0.4, 0.5) is 5.82 Å².